The van der Waals surface area contributed by atoms with Crippen molar-refractivity contribution in [3.8, 4) is 0 Å². The lowest BCUT2D eigenvalue weighted by molar-refractivity contribution is 0.163. The van der Waals surface area contributed by atoms with Crippen molar-refractivity contribution in [2.75, 3.05) is 27.3 Å². The third-order valence-electron chi connectivity index (χ3n) is 3.01. The standard InChI is InChI=1S/C13H20N2/c1-14(2)11-15-10-6-9-13(15)12-7-4-3-5-8-12/h3-5,7-8,13H,6,9-11H2,1-2H3. The molecule has 2 rings (SSSR count). The van der Waals surface area contributed by atoms with E-state index in [1.807, 2.05) is 0 Å². The summed E-state index contributed by atoms with van der Waals surface area (Å²) in [5.41, 5.74) is 1.47. The molecular formula is C13H20N2. The normalized spacial score (nSPS) is 22.5. The first-order valence-electron chi connectivity index (χ1n) is 5.71. The van der Waals surface area contributed by atoms with E-state index in [0.717, 1.165) is 6.67 Å². The average Bonchev–Trinajstić information content (AvgIpc) is 2.66. The van der Waals surface area contributed by atoms with Crippen LogP contribution in [0.5, 0.6) is 0 Å². The Hall–Kier alpha value is -0.860. The number of benzene rings is 1. The van der Waals surface area contributed by atoms with Gasteiger partial charge in [-0.15, -0.1) is 0 Å². The van der Waals surface area contributed by atoms with Crippen LogP contribution < -0.4 is 0 Å². The van der Waals surface area contributed by atoms with Gasteiger partial charge in [0.1, 0.15) is 0 Å². The van der Waals surface area contributed by atoms with E-state index in [2.05, 4.69) is 54.2 Å². The third-order valence-corrected chi connectivity index (χ3v) is 3.01. The van der Waals surface area contributed by atoms with Crippen molar-refractivity contribution in [3.63, 3.8) is 0 Å². The summed E-state index contributed by atoms with van der Waals surface area (Å²) in [7, 11) is 4.28. The average molecular weight is 204 g/mol. The number of rotatable bonds is 3. The highest BCUT2D eigenvalue weighted by Crippen LogP contribution is 2.31. The molecule has 0 aliphatic carbocycles. The van der Waals surface area contributed by atoms with Crippen LogP contribution in [0.2, 0.25) is 0 Å². The molecule has 0 radical (unpaired) electrons. The summed E-state index contributed by atoms with van der Waals surface area (Å²) in [5, 5.41) is 0. The van der Waals surface area contributed by atoms with Crippen molar-refractivity contribution < 1.29 is 0 Å². The molecule has 0 aromatic heterocycles. The summed E-state index contributed by atoms with van der Waals surface area (Å²) < 4.78 is 0. The number of hydrogen-bond donors (Lipinski definition) is 0. The minimum atomic E-state index is 0.633. The molecular weight excluding hydrogens is 184 g/mol. The van der Waals surface area contributed by atoms with Gasteiger partial charge in [-0.25, -0.2) is 0 Å². The highest BCUT2D eigenvalue weighted by molar-refractivity contribution is 5.19. The predicted octanol–water partition coefficient (Wildman–Crippen LogP) is 2.34. The van der Waals surface area contributed by atoms with Crippen LogP contribution in [0.3, 0.4) is 0 Å². The molecule has 1 aromatic rings. The van der Waals surface area contributed by atoms with Crippen LogP contribution in [0.4, 0.5) is 0 Å². The molecule has 15 heavy (non-hydrogen) atoms. The monoisotopic (exact) mass is 204 g/mol. The molecule has 0 spiro atoms. The van der Waals surface area contributed by atoms with Gasteiger partial charge in [0.05, 0.1) is 6.67 Å². The molecule has 1 aliphatic rings. The van der Waals surface area contributed by atoms with Crippen LogP contribution in [-0.2, 0) is 0 Å². The van der Waals surface area contributed by atoms with E-state index in [4.69, 9.17) is 0 Å². The second kappa shape index (κ2) is 4.77. The first kappa shape index (κ1) is 10.7. The van der Waals surface area contributed by atoms with Gasteiger partial charge in [0.15, 0.2) is 0 Å². The second-order valence-corrected chi connectivity index (χ2v) is 4.60. The topological polar surface area (TPSA) is 6.48 Å². The maximum Gasteiger partial charge on any atom is 0.0506 e. The Morgan fingerprint density at radius 1 is 1.27 bits per heavy atom. The fourth-order valence-corrected chi connectivity index (χ4v) is 2.41. The maximum absolute atomic E-state index is 2.56. The van der Waals surface area contributed by atoms with Crippen molar-refractivity contribution >= 4 is 0 Å². The van der Waals surface area contributed by atoms with Gasteiger partial charge in [-0.1, -0.05) is 30.3 Å². The van der Waals surface area contributed by atoms with Gasteiger partial charge in [0.25, 0.3) is 0 Å². The first-order valence-corrected chi connectivity index (χ1v) is 5.71. The highest BCUT2D eigenvalue weighted by atomic mass is 15.3. The lowest BCUT2D eigenvalue weighted by Crippen LogP contribution is -2.33. The summed E-state index contributed by atoms with van der Waals surface area (Å²) in [5.74, 6) is 0. The molecule has 0 saturated carbocycles. The molecule has 1 atom stereocenters. The smallest absolute Gasteiger partial charge is 0.0506 e. The molecule has 0 bridgehead atoms. The van der Waals surface area contributed by atoms with E-state index in [1.165, 1.54) is 24.9 Å². The van der Waals surface area contributed by atoms with E-state index in [0.29, 0.717) is 6.04 Å². The van der Waals surface area contributed by atoms with Gasteiger partial charge in [0.2, 0.25) is 0 Å². The number of hydrogen-bond acceptors (Lipinski definition) is 2. The van der Waals surface area contributed by atoms with Crippen LogP contribution in [-0.4, -0.2) is 37.1 Å². The molecule has 0 N–H and O–H groups in total. The molecule has 2 nitrogen and oxygen atoms in total. The van der Waals surface area contributed by atoms with Gasteiger partial charge in [-0.2, -0.15) is 0 Å². The minimum absolute atomic E-state index is 0.633. The van der Waals surface area contributed by atoms with E-state index >= 15 is 0 Å². The van der Waals surface area contributed by atoms with Gasteiger partial charge >= 0.3 is 0 Å². The highest BCUT2D eigenvalue weighted by Gasteiger charge is 2.25. The molecule has 1 heterocycles. The van der Waals surface area contributed by atoms with E-state index in [1.54, 1.807) is 0 Å². The Morgan fingerprint density at radius 2 is 2.00 bits per heavy atom. The first-order chi connectivity index (χ1) is 7.27. The van der Waals surface area contributed by atoms with Gasteiger partial charge < -0.3 is 0 Å². The Bertz CT molecular complexity index is 295. The zero-order valence-corrected chi connectivity index (χ0v) is 9.69. The summed E-state index contributed by atoms with van der Waals surface area (Å²) >= 11 is 0. The van der Waals surface area contributed by atoms with E-state index in [-0.39, 0.29) is 0 Å². The van der Waals surface area contributed by atoms with Crippen LogP contribution in [0.1, 0.15) is 24.4 Å². The number of likely N-dealkylation sites (tertiary alicyclic amines) is 1. The fourth-order valence-electron chi connectivity index (χ4n) is 2.41. The molecule has 2 heteroatoms. The Balaban J connectivity index is 2.08. The molecule has 1 unspecified atom stereocenters. The largest absolute Gasteiger partial charge is 0.297 e. The van der Waals surface area contributed by atoms with Crippen molar-refractivity contribution in [2.24, 2.45) is 0 Å². The summed E-state index contributed by atoms with van der Waals surface area (Å²) in [6, 6.07) is 11.5. The quantitative estimate of drug-likeness (QED) is 0.745. The van der Waals surface area contributed by atoms with Gasteiger partial charge in [-0.3, -0.25) is 9.80 Å². The van der Waals surface area contributed by atoms with Gasteiger partial charge in [0, 0.05) is 12.6 Å². The van der Waals surface area contributed by atoms with E-state index < -0.39 is 0 Å². The molecule has 1 saturated heterocycles. The zero-order chi connectivity index (χ0) is 10.7. The van der Waals surface area contributed by atoms with Crippen LogP contribution in [0, 0.1) is 0 Å². The maximum atomic E-state index is 2.56. The van der Waals surface area contributed by atoms with Crippen LogP contribution in [0.25, 0.3) is 0 Å². The predicted molar refractivity (Wildman–Crippen MR) is 63.7 cm³/mol. The summed E-state index contributed by atoms with van der Waals surface area (Å²) in [6.07, 6.45) is 2.63. The van der Waals surface area contributed by atoms with Crippen molar-refractivity contribution in [1.29, 1.82) is 0 Å². The Morgan fingerprint density at radius 3 is 2.67 bits per heavy atom. The Labute approximate surface area is 92.5 Å². The summed E-state index contributed by atoms with van der Waals surface area (Å²) in [4.78, 5) is 4.82. The summed E-state index contributed by atoms with van der Waals surface area (Å²) in [6.45, 7) is 2.30. The van der Waals surface area contributed by atoms with Crippen molar-refractivity contribution in [1.82, 2.24) is 9.80 Å². The lowest BCUT2D eigenvalue weighted by Gasteiger charge is -2.27. The van der Waals surface area contributed by atoms with Crippen LogP contribution in [0.15, 0.2) is 30.3 Å². The minimum Gasteiger partial charge on any atom is -0.297 e. The molecule has 82 valence electrons. The van der Waals surface area contributed by atoms with Crippen LogP contribution >= 0.6 is 0 Å². The van der Waals surface area contributed by atoms with Crippen molar-refractivity contribution in [3.05, 3.63) is 35.9 Å². The molecule has 1 aromatic carbocycles. The fraction of sp³-hybridized carbons (Fsp3) is 0.538. The molecule has 0 amide bonds. The van der Waals surface area contributed by atoms with Crippen molar-refractivity contribution in [2.45, 2.75) is 18.9 Å². The number of nitrogens with zero attached hydrogens (tertiary/aromatic N) is 2. The lowest BCUT2D eigenvalue weighted by atomic mass is 10.1. The zero-order valence-electron chi connectivity index (χ0n) is 9.69. The van der Waals surface area contributed by atoms with Gasteiger partial charge in [-0.05, 0) is 32.5 Å². The second-order valence-electron chi connectivity index (χ2n) is 4.60. The SMILES string of the molecule is CN(C)CN1CCCC1c1ccccc1. The third kappa shape index (κ3) is 2.58. The van der Waals surface area contributed by atoms with E-state index in [9.17, 15) is 0 Å². The Kier molecular flexibility index (Phi) is 3.39. The molecule has 1 fully saturated rings. The molecule has 1 aliphatic heterocycles.